The SMILES string of the molecule is CC(C(=O)NC(c1cccnc1)(c1ccccc1F)C(F)(F)F)c1ccc(NS(C)(=O)=O)c(F)c1. The molecule has 12 heteroatoms. The van der Waals surface area contributed by atoms with Crippen molar-refractivity contribution in [1.29, 1.82) is 0 Å². The maximum Gasteiger partial charge on any atom is 0.420 e. The molecule has 3 rings (SSSR count). The molecule has 1 amide bonds. The summed E-state index contributed by atoms with van der Waals surface area (Å²) in [5.74, 6) is -4.75. The number of anilines is 1. The molecule has 2 atom stereocenters. The van der Waals surface area contributed by atoms with E-state index in [2.05, 4.69) is 4.98 Å². The summed E-state index contributed by atoms with van der Waals surface area (Å²) < 4.78 is 97.9. The van der Waals surface area contributed by atoms with Crippen molar-refractivity contribution >= 4 is 21.6 Å². The van der Waals surface area contributed by atoms with Gasteiger partial charge in [0.05, 0.1) is 17.9 Å². The third-order valence-corrected chi connectivity index (χ3v) is 5.88. The molecule has 0 radical (unpaired) electrons. The van der Waals surface area contributed by atoms with E-state index in [1.165, 1.54) is 37.4 Å². The van der Waals surface area contributed by atoms with Gasteiger partial charge >= 0.3 is 6.18 Å². The minimum absolute atomic E-state index is 0.0326. The number of hydrogen-bond acceptors (Lipinski definition) is 4. The van der Waals surface area contributed by atoms with E-state index in [0.717, 1.165) is 42.8 Å². The molecule has 35 heavy (non-hydrogen) atoms. The number of carbonyl (C=O) groups excluding carboxylic acids is 1. The Hall–Kier alpha value is -3.54. The molecule has 6 nitrogen and oxygen atoms in total. The molecule has 0 spiro atoms. The molecule has 1 aromatic heterocycles. The Morgan fingerprint density at radius 1 is 1.00 bits per heavy atom. The third kappa shape index (κ3) is 5.42. The van der Waals surface area contributed by atoms with Crippen LogP contribution < -0.4 is 10.0 Å². The number of nitrogens with zero attached hydrogens (tertiary/aromatic N) is 1. The number of halogens is 5. The second-order valence-corrected chi connectivity index (χ2v) is 9.54. The molecular formula is C23H20F5N3O3S. The van der Waals surface area contributed by atoms with E-state index < -0.39 is 62.0 Å². The van der Waals surface area contributed by atoms with Crippen molar-refractivity contribution in [2.24, 2.45) is 0 Å². The number of alkyl halides is 3. The standard InChI is InChI=1S/C23H20F5N3O3S/c1-14(15-9-10-20(19(25)12-15)31-35(2,33)34)21(32)30-22(23(26,27)28,16-6-5-11-29-13-16)17-7-3-4-8-18(17)24/h3-14,31H,1-2H3,(H,30,32). The highest BCUT2D eigenvalue weighted by Crippen LogP contribution is 2.45. The molecule has 0 saturated carbocycles. The fourth-order valence-electron chi connectivity index (χ4n) is 3.56. The summed E-state index contributed by atoms with van der Waals surface area (Å²) in [7, 11) is -3.79. The summed E-state index contributed by atoms with van der Waals surface area (Å²) in [4.78, 5) is 16.8. The highest BCUT2D eigenvalue weighted by atomic mass is 32.2. The average molecular weight is 513 g/mol. The van der Waals surface area contributed by atoms with Gasteiger partial charge in [-0.1, -0.05) is 30.3 Å². The van der Waals surface area contributed by atoms with Crippen molar-refractivity contribution in [3.8, 4) is 0 Å². The Morgan fingerprint density at radius 2 is 1.69 bits per heavy atom. The van der Waals surface area contributed by atoms with Crippen molar-refractivity contribution in [3.05, 3.63) is 95.3 Å². The lowest BCUT2D eigenvalue weighted by Crippen LogP contribution is -2.58. The van der Waals surface area contributed by atoms with Gasteiger partial charge in [-0.2, -0.15) is 13.2 Å². The first kappa shape index (κ1) is 26.1. The fourth-order valence-corrected chi connectivity index (χ4v) is 4.12. The number of aromatic nitrogens is 1. The molecule has 3 aromatic rings. The van der Waals surface area contributed by atoms with Crippen molar-refractivity contribution < 1.29 is 35.2 Å². The molecule has 2 unspecified atom stereocenters. The number of carbonyl (C=O) groups is 1. The fraction of sp³-hybridized carbons (Fsp3) is 0.217. The van der Waals surface area contributed by atoms with Crippen LogP contribution in [0.5, 0.6) is 0 Å². The molecule has 0 aliphatic rings. The van der Waals surface area contributed by atoms with Crippen molar-refractivity contribution in [3.63, 3.8) is 0 Å². The number of sulfonamides is 1. The summed E-state index contributed by atoms with van der Waals surface area (Å²) in [6, 6.07) is 9.51. The molecule has 0 fully saturated rings. The first-order valence-corrected chi connectivity index (χ1v) is 12.0. The number of amides is 1. The largest absolute Gasteiger partial charge is 0.420 e. The van der Waals surface area contributed by atoms with Crippen LogP contribution in [0.25, 0.3) is 0 Å². The predicted molar refractivity (Wildman–Crippen MR) is 119 cm³/mol. The Balaban J connectivity index is 2.08. The van der Waals surface area contributed by atoms with Crippen LogP contribution in [0.3, 0.4) is 0 Å². The van der Waals surface area contributed by atoms with Crippen molar-refractivity contribution in [1.82, 2.24) is 10.3 Å². The number of benzene rings is 2. The zero-order valence-electron chi connectivity index (χ0n) is 18.4. The van der Waals surface area contributed by atoms with Gasteiger partial charge < -0.3 is 5.32 Å². The van der Waals surface area contributed by atoms with Crippen LogP contribution in [0.1, 0.15) is 29.5 Å². The lowest BCUT2D eigenvalue weighted by atomic mass is 9.81. The minimum Gasteiger partial charge on any atom is -0.334 e. The monoisotopic (exact) mass is 513 g/mol. The maximum absolute atomic E-state index is 14.7. The van der Waals surface area contributed by atoms with Crippen LogP contribution in [-0.4, -0.2) is 31.7 Å². The zero-order valence-corrected chi connectivity index (χ0v) is 19.2. The van der Waals surface area contributed by atoms with Crippen LogP contribution >= 0.6 is 0 Å². The Labute approximate surface area is 198 Å². The Morgan fingerprint density at radius 3 is 2.23 bits per heavy atom. The van der Waals surface area contributed by atoms with Gasteiger partial charge in [0.25, 0.3) is 0 Å². The van der Waals surface area contributed by atoms with E-state index in [1.807, 2.05) is 10.0 Å². The molecule has 0 saturated heterocycles. The number of rotatable bonds is 7. The van der Waals surface area contributed by atoms with Gasteiger partial charge in [-0.25, -0.2) is 17.2 Å². The summed E-state index contributed by atoms with van der Waals surface area (Å²) in [5, 5.41) is 1.94. The van der Waals surface area contributed by atoms with Gasteiger partial charge in [0.15, 0.2) is 5.54 Å². The van der Waals surface area contributed by atoms with Crippen molar-refractivity contribution in [2.45, 2.75) is 24.6 Å². The van der Waals surface area contributed by atoms with Crippen LogP contribution in [0.2, 0.25) is 0 Å². The summed E-state index contributed by atoms with van der Waals surface area (Å²) >= 11 is 0. The van der Waals surface area contributed by atoms with Gasteiger partial charge in [-0.05, 0) is 36.8 Å². The normalized spacial score (nSPS) is 14.6. The number of pyridine rings is 1. The summed E-state index contributed by atoms with van der Waals surface area (Å²) in [5.41, 5.74) is -5.10. The van der Waals surface area contributed by atoms with E-state index in [4.69, 9.17) is 0 Å². The van der Waals surface area contributed by atoms with E-state index in [1.54, 1.807) is 0 Å². The Bertz CT molecular complexity index is 1330. The van der Waals surface area contributed by atoms with Gasteiger partial charge in [0.2, 0.25) is 15.9 Å². The molecule has 0 aliphatic heterocycles. The second-order valence-electron chi connectivity index (χ2n) is 7.79. The highest BCUT2D eigenvalue weighted by molar-refractivity contribution is 7.92. The van der Waals surface area contributed by atoms with E-state index in [0.29, 0.717) is 0 Å². The molecule has 1 heterocycles. The molecular weight excluding hydrogens is 493 g/mol. The van der Waals surface area contributed by atoms with Gasteiger partial charge in [0, 0.05) is 23.5 Å². The smallest absolute Gasteiger partial charge is 0.334 e. The first-order valence-electron chi connectivity index (χ1n) is 10.1. The van der Waals surface area contributed by atoms with Gasteiger partial charge in [0.1, 0.15) is 11.6 Å². The van der Waals surface area contributed by atoms with Gasteiger partial charge in [-0.15, -0.1) is 0 Å². The average Bonchev–Trinajstić information content (AvgIpc) is 2.77. The lowest BCUT2D eigenvalue weighted by molar-refractivity contribution is -0.191. The molecule has 0 aliphatic carbocycles. The van der Waals surface area contributed by atoms with E-state index >= 15 is 0 Å². The molecule has 2 N–H and O–H groups in total. The van der Waals surface area contributed by atoms with Crippen LogP contribution in [0.15, 0.2) is 67.0 Å². The molecule has 2 aromatic carbocycles. The summed E-state index contributed by atoms with van der Waals surface area (Å²) in [6.07, 6.45) is -2.29. The predicted octanol–water partition coefficient (Wildman–Crippen LogP) is 4.46. The molecule has 0 bridgehead atoms. The topological polar surface area (TPSA) is 88.2 Å². The number of hydrogen-bond donors (Lipinski definition) is 2. The van der Waals surface area contributed by atoms with Crippen LogP contribution in [0, 0.1) is 11.6 Å². The number of nitrogens with one attached hydrogen (secondary N) is 2. The highest BCUT2D eigenvalue weighted by Gasteiger charge is 2.60. The molecule has 186 valence electrons. The van der Waals surface area contributed by atoms with Crippen LogP contribution in [-0.2, 0) is 20.4 Å². The zero-order chi connectivity index (χ0) is 26.0. The second kappa shape index (κ2) is 9.61. The Kier molecular flexibility index (Phi) is 7.16. The van der Waals surface area contributed by atoms with Crippen molar-refractivity contribution in [2.75, 3.05) is 11.0 Å². The van der Waals surface area contributed by atoms with Gasteiger partial charge in [-0.3, -0.25) is 14.5 Å². The quantitative estimate of drug-likeness (QED) is 0.457. The summed E-state index contributed by atoms with van der Waals surface area (Å²) in [6.45, 7) is 1.24. The third-order valence-electron chi connectivity index (χ3n) is 5.29. The van der Waals surface area contributed by atoms with Crippen LogP contribution in [0.4, 0.5) is 27.6 Å². The minimum atomic E-state index is -5.21. The lowest BCUT2D eigenvalue weighted by Gasteiger charge is -2.38. The first-order chi connectivity index (χ1) is 16.3. The van der Waals surface area contributed by atoms with E-state index in [-0.39, 0.29) is 5.56 Å². The van der Waals surface area contributed by atoms with E-state index in [9.17, 15) is 35.2 Å². The maximum atomic E-state index is 14.7.